The number of benzene rings is 3. The van der Waals surface area contributed by atoms with Gasteiger partial charge in [0.05, 0.1) is 12.7 Å². The van der Waals surface area contributed by atoms with E-state index in [1.54, 1.807) is 36.4 Å². The Kier molecular flexibility index (Phi) is 5.36. The number of rotatable bonds is 5. The van der Waals surface area contributed by atoms with Crippen LogP contribution >= 0.6 is 15.9 Å². The number of hydrogen-bond acceptors (Lipinski definition) is 6. The van der Waals surface area contributed by atoms with Crippen molar-refractivity contribution in [2.24, 2.45) is 0 Å². The van der Waals surface area contributed by atoms with Crippen molar-refractivity contribution in [1.82, 2.24) is 0 Å². The number of Topliss-reactive ketones (excluding diaryl/α,β-unsaturated/α-hetero) is 1. The summed E-state index contributed by atoms with van der Waals surface area (Å²) in [5.74, 6) is 0.637. The molecule has 30 heavy (non-hydrogen) atoms. The molecular weight excluding hydrogens is 472 g/mol. The fourth-order valence-electron chi connectivity index (χ4n) is 2.94. The normalized spacial score (nSPS) is 14.3. The summed E-state index contributed by atoms with van der Waals surface area (Å²) in [7, 11) is -2.46. The quantitative estimate of drug-likeness (QED) is 0.379. The van der Waals surface area contributed by atoms with Crippen molar-refractivity contribution in [2.45, 2.75) is 4.90 Å². The van der Waals surface area contributed by atoms with Crippen molar-refractivity contribution in [3.8, 4) is 17.2 Å². The van der Waals surface area contributed by atoms with Gasteiger partial charge in [0, 0.05) is 16.1 Å². The maximum absolute atomic E-state index is 12.7. The first kappa shape index (κ1) is 20.2. The first-order valence-electron chi connectivity index (χ1n) is 8.79. The first-order valence-corrected chi connectivity index (χ1v) is 11.0. The number of carbonyl (C=O) groups excluding carboxylic acids is 1. The lowest BCUT2D eigenvalue weighted by atomic mass is 10.1. The molecule has 4 rings (SSSR count). The van der Waals surface area contributed by atoms with Crippen LogP contribution < -0.4 is 13.7 Å². The van der Waals surface area contributed by atoms with E-state index >= 15 is 0 Å². The van der Waals surface area contributed by atoms with Gasteiger partial charge >= 0.3 is 10.1 Å². The van der Waals surface area contributed by atoms with Gasteiger partial charge in [-0.3, -0.25) is 4.79 Å². The Morgan fingerprint density at radius 3 is 2.50 bits per heavy atom. The van der Waals surface area contributed by atoms with Gasteiger partial charge in [-0.25, -0.2) is 0 Å². The molecule has 0 atom stereocenters. The van der Waals surface area contributed by atoms with Crippen LogP contribution in [0.5, 0.6) is 17.2 Å². The van der Waals surface area contributed by atoms with Crippen molar-refractivity contribution < 1.29 is 26.9 Å². The second kappa shape index (κ2) is 7.97. The van der Waals surface area contributed by atoms with Gasteiger partial charge in [0.25, 0.3) is 0 Å². The molecule has 0 N–H and O–H groups in total. The van der Waals surface area contributed by atoms with E-state index in [9.17, 15) is 13.2 Å². The molecule has 0 unspecified atom stereocenters. The van der Waals surface area contributed by atoms with Crippen LogP contribution in [0.25, 0.3) is 6.08 Å². The van der Waals surface area contributed by atoms with Crippen molar-refractivity contribution in [1.29, 1.82) is 0 Å². The van der Waals surface area contributed by atoms with E-state index < -0.39 is 10.1 Å². The molecule has 6 nitrogen and oxygen atoms in total. The standard InChI is InChI=1S/C22H15BrO6S/c1-27-19-10-7-15(23)11-14(19)12-21-22(24)18-9-8-16(13-20(18)28-21)29-30(25,26)17-5-3-2-4-6-17/h2-13H,1H3/b21-12-. The van der Waals surface area contributed by atoms with Crippen LogP contribution in [-0.2, 0) is 10.1 Å². The summed E-state index contributed by atoms with van der Waals surface area (Å²) in [6.07, 6.45) is 1.58. The number of methoxy groups -OCH3 is 1. The number of halogens is 1. The molecule has 3 aromatic rings. The van der Waals surface area contributed by atoms with Gasteiger partial charge in [0.2, 0.25) is 5.78 Å². The second-order valence-electron chi connectivity index (χ2n) is 6.33. The van der Waals surface area contributed by atoms with E-state index in [2.05, 4.69) is 15.9 Å². The van der Waals surface area contributed by atoms with E-state index in [1.165, 1.54) is 37.4 Å². The monoisotopic (exact) mass is 486 g/mol. The smallest absolute Gasteiger partial charge is 0.339 e. The third-order valence-electron chi connectivity index (χ3n) is 4.36. The van der Waals surface area contributed by atoms with Crippen molar-refractivity contribution in [2.75, 3.05) is 7.11 Å². The molecule has 0 saturated carbocycles. The summed E-state index contributed by atoms with van der Waals surface area (Å²) in [6.45, 7) is 0. The zero-order chi connectivity index (χ0) is 21.3. The molecule has 0 bridgehead atoms. The molecule has 1 aliphatic heterocycles. The number of fused-ring (bicyclic) bond motifs is 1. The number of hydrogen-bond donors (Lipinski definition) is 0. The minimum Gasteiger partial charge on any atom is -0.496 e. The molecule has 0 radical (unpaired) electrons. The lowest BCUT2D eigenvalue weighted by Gasteiger charge is -2.08. The highest BCUT2D eigenvalue weighted by Gasteiger charge is 2.29. The first-order chi connectivity index (χ1) is 14.4. The lowest BCUT2D eigenvalue weighted by Crippen LogP contribution is -2.09. The van der Waals surface area contributed by atoms with Crippen LogP contribution in [0.3, 0.4) is 0 Å². The minimum atomic E-state index is -4.00. The fraction of sp³-hybridized carbons (Fsp3) is 0.0455. The SMILES string of the molecule is COc1ccc(Br)cc1/C=C1\Oc2cc(OS(=O)(=O)c3ccccc3)ccc2C1=O. The van der Waals surface area contributed by atoms with Crippen molar-refractivity contribution >= 4 is 37.9 Å². The number of carbonyl (C=O) groups is 1. The molecule has 0 fully saturated rings. The lowest BCUT2D eigenvalue weighted by molar-refractivity contribution is 0.101. The Bertz CT molecular complexity index is 1270. The van der Waals surface area contributed by atoms with Gasteiger partial charge in [-0.2, -0.15) is 8.42 Å². The van der Waals surface area contributed by atoms with E-state index in [0.717, 1.165) is 4.47 Å². The van der Waals surface area contributed by atoms with Crippen LogP contribution in [0, 0.1) is 0 Å². The molecule has 3 aromatic carbocycles. The van der Waals surface area contributed by atoms with E-state index in [4.69, 9.17) is 13.7 Å². The van der Waals surface area contributed by atoms with Crippen LogP contribution in [0.4, 0.5) is 0 Å². The second-order valence-corrected chi connectivity index (χ2v) is 8.80. The van der Waals surface area contributed by atoms with E-state index in [1.807, 2.05) is 6.07 Å². The van der Waals surface area contributed by atoms with Crippen molar-refractivity contribution in [3.05, 3.63) is 88.1 Å². The molecule has 1 heterocycles. The number of allylic oxidation sites excluding steroid dienone is 1. The summed E-state index contributed by atoms with van der Waals surface area (Å²) in [5.41, 5.74) is 0.978. The molecule has 0 spiro atoms. The Morgan fingerprint density at radius 1 is 1.00 bits per heavy atom. The van der Waals surface area contributed by atoms with Gasteiger partial charge in [-0.1, -0.05) is 34.1 Å². The average Bonchev–Trinajstić information content (AvgIpc) is 3.03. The number of ketones is 1. The Labute approximate surface area is 182 Å². The highest BCUT2D eigenvalue weighted by Crippen LogP contribution is 2.36. The summed E-state index contributed by atoms with van der Waals surface area (Å²) in [5, 5.41) is 0. The highest BCUT2D eigenvalue weighted by atomic mass is 79.9. The van der Waals surface area contributed by atoms with Crippen LogP contribution in [-0.4, -0.2) is 21.3 Å². The predicted molar refractivity (Wildman–Crippen MR) is 114 cm³/mol. The molecule has 0 aliphatic carbocycles. The minimum absolute atomic E-state index is 0.0322. The van der Waals surface area contributed by atoms with Crippen LogP contribution in [0.2, 0.25) is 0 Å². The van der Waals surface area contributed by atoms with Gasteiger partial charge in [0.1, 0.15) is 22.1 Å². The predicted octanol–water partition coefficient (Wildman–Crippen LogP) is 4.84. The van der Waals surface area contributed by atoms with E-state index in [0.29, 0.717) is 16.9 Å². The molecule has 0 aromatic heterocycles. The maximum atomic E-state index is 12.7. The topological polar surface area (TPSA) is 78.9 Å². The molecular formula is C22H15BrO6S. The Balaban J connectivity index is 1.63. The molecule has 1 aliphatic rings. The Morgan fingerprint density at radius 2 is 1.77 bits per heavy atom. The van der Waals surface area contributed by atoms with Gasteiger partial charge < -0.3 is 13.7 Å². The van der Waals surface area contributed by atoms with E-state index in [-0.39, 0.29) is 27.9 Å². The zero-order valence-corrected chi connectivity index (χ0v) is 18.1. The summed E-state index contributed by atoms with van der Waals surface area (Å²) >= 11 is 3.39. The summed E-state index contributed by atoms with van der Waals surface area (Å²) < 4.78 is 41.8. The third kappa shape index (κ3) is 3.96. The average molecular weight is 487 g/mol. The maximum Gasteiger partial charge on any atom is 0.339 e. The van der Waals surface area contributed by atoms with Crippen molar-refractivity contribution in [3.63, 3.8) is 0 Å². The molecule has 8 heteroatoms. The van der Waals surface area contributed by atoms with Gasteiger partial charge in [0.15, 0.2) is 5.76 Å². The zero-order valence-electron chi connectivity index (χ0n) is 15.7. The highest BCUT2D eigenvalue weighted by molar-refractivity contribution is 9.10. The molecule has 152 valence electrons. The van der Waals surface area contributed by atoms with Crippen LogP contribution in [0.15, 0.2) is 81.9 Å². The largest absolute Gasteiger partial charge is 0.496 e. The molecule has 0 amide bonds. The number of ether oxygens (including phenoxy) is 2. The van der Waals surface area contributed by atoms with Crippen LogP contribution in [0.1, 0.15) is 15.9 Å². The fourth-order valence-corrected chi connectivity index (χ4v) is 4.26. The summed E-state index contributed by atoms with van der Waals surface area (Å²) in [4.78, 5) is 12.7. The van der Waals surface area contributed by atoms with Gasteiger partial charge in [-0.15, -0.1) is 0 Å². The Hall–Kier alpha value is -3.10. The van der Waals surface area contributed by atoms with Gasteiger partial charge in [-0.05, 0) is 48.5 Å². The third-order valence-corrected chi connectivity index (χ3v) is 6.11. The summed E-state index contributed by atoms with van der Waals surface area (Å²) in [6, 6.07) is 17.5. The molecule has 0 saturated heterocycles.